The Bertz CT molecular complexity index is 306. The van der Waals surface area contributed by atoms with Crippen molar-refractivity contribution in [1.82, 2.24) is 9.97 Å². The van der Waals surface area contributed by atoms with Gasteiger partial charge in [0.1, 0.15) is 6.33 Å². The molecule has 0 aliphatic rings. The first-order chi connectivity index (χ1) is 5.70. The van der Waals surface area contributed by atoms with Crippen LogP contribution in [0.2, 0.25) is 0 Å². The van der Waals surface area contributed by atoms with Gasteiger partial charge >= 0.3 is 5.97 Å². The van der Waals surface area contributed by atoms with Crippen molar-refractivity contribution in [2.24, 2.45) is 0 Å². The number of carbonyl (C=O) groups is 1. The summed E-state index contributed by atoms with van der Waals surface area (Å²) < 4.78 is 0. The highest BCUT2D eigenvalue weighted by atomic mass is 16.4. The topological polar surface area (TPSA) is 63.1 Å². The number of aliphatic carboxylic acids is 1. The van der Waals surface area contributed by atoms with Gasteiger partial charge in [-0.15, -0.1) is 0 Å². The monoisotopic (exact) mass is 164 g/mol. The number of nitrogens with zero attached hydrogens (tertiary/aromatic N) is 2. The summed E-state index contributed by atoms with van der Waals surface area (Å²) in [4.78, 5) is 18.0. The molecule has 12 heavy (non-hydrogen) atoms. The number of hydrogen-bond acceptors (Lipinski definition) is 3. The summed E-state index contributed by atoms with van der Waals surface area (Å²) in [5, 5.41) is 8.53. The third-order valence-electron chi connectivity index (χ3n) is 1.31. The minimum Gasteiger partial charge on any atom is -0.478 e. The summed E-state index contributed by atoms with van der Waals surface area (Å²) in [5.41, 5.74) is 0.860. The molecule has 1 N–H and O–H groups in total. The summed E-state index contributed by atoms with van der Waals surface area (Å²) >= 11 is 0. The summed E-state index contributed by atoms with van der Waals surface area (Å²) in [6.45, 7) is 1.52. The van der Waals surface area contributed by atoms with E-state index in [-0.39, 0.29) is 5.57 Å². The highest BCUT2D eigenvalue weighted by Crippen LogP contribution is 2.01. The van der Waals surface area contributed by atoms with Crippen molar-refractivity contribution < 1.29 is 9.90 Å². The zero-order valence-corrected chi connectivity index (χ0v) is 6.56. The molecule has 0 aliphatic heterocycles. The largest absolute Gasteiger partial charge is 0.478 e. The van der Waals surface area contributed by atoms with Crippen LogP contribution in [-0.4, -0.2) is 21.0 Å². The molecule has 0 atom stereocenters. The second-order valence-corrected chi connectivity index (χ2v) is 2.27. The molecule has 1 rings (SSSR count). The van der Waals surface area contributed by atoms with Gasteiger partial charge in [0.05, 0.1) is 5.69 Å². The second kappa shape index (κ2) is 3.61. The predicted octanol–water partition coefficient (Wildman–Crippen LogP) is 0.965. The van der Waals surface area contributed by atoms with Crippen LogP contribution in [0.25, 0.3) is 6.08 Å². The van der Waals surface area contributed by atoms with E-state index in [0.29, 0.717) is 5.69 Å². The SMILES string of the molecule is C/C(=C/c1ccncn1)C(=O)O. The minimum absolute atomic E-state index is 0.258. The Morgan fingerprint density at radius 1 is 1.67 bits per heavy atom. The molecule has 0 spiro atoms. The molecule has 62 valence electrons. The van der Waals surface area contributed by atoms with E-state index in [4.69, 9.17) is 5.11 Å². The number of carboxylic acid groups (broad SMARTS) is 1. The lowest BCUT2D eigenvalue weighted by Gasteiger charge is -1.92. The Balaban J connectivity index is 2.89. The molecule has 4 heteroatoms. The first kappa shape index (κ1) is 8.39. The third kappa shape index (κ3) is 2.16. The maximum absolute atomic E-state index is 10.4. The summed E-state index contributed by atoms with van der Waals surface area (Å²) in [6.07, 6.45) is 4.43. The van der Waals surface area contributed by atoms with Crippen LogP contribution in [0.3, 0.4) is 0 Å². The molecule has 4 nitrogen and oxygen atoms in total. The number of hydrogen-bond donors (Lipinski definition) is 1. The fourth-order valence-corrected chi connectivity index (χ4v) is 0.670. The van der Waals surface area contributed by atoms with Crippen molar-refractivity contribution in [3.05, 3.63) is 29.9 Å². The molecule has 0 saturated heterocycles. The molecule has 1 heterocycles. The standard InChI is InChI=1S/C8H8N2O2/c1-6(8(11)12)4-7-2-3-9-5-10-7/h2-5H,1H3,(H,11,12)/b6-4-. The smallest absolute Gasteiger partial charge is 0.331 e. The van der Waals surface area contributed by atoms with Crippen molar-refractivity contribution in [2.75, 3.05) is 0 Å². The average Bonchev–Trinajstić information content (AvgIpc) is 2.06. The quantitative estimate of drug-likeness (QED) is 0.661. The first-order valence-electron chi connectivity index (χ1n) is 3.38. The maximum Gasteiger partial charge on any atom is 0.331 e. The first-order valence-corrected chi connectivity index (χ1v) is 3.38. The molecule has 0 amide bonds. The molecule has 0 radical (unpaired) electrons. The van der Waals surface area contributed by atoms with E-state index >= 15 is 0 Å². The highest BCUT2D eigenvalue weighted by molar-refractivity contribution is 5.90. The Kier molecular flexibility index (Phi) is 2.53. The highest BCUT2D eigenvalue weighted by Gasteiger charge is 1.99. The van der Waals surface area contributed by atoms with E-state index in [1.54, 1.807) is 12.3 Å². The molecule has 0 bridgehead atoms. The van der Waals surface area contributed by atoms with E-state index in [1.165, 1.54) is 19.3 Å². The van der Waals surface area contributed by atoms with E-state index in [0.717, 1.165) is 0 Å². The molecule has 0 aliphatic carbocycles. The van der Waals surface area contributed by atoms with Crippen LogP contribution in [0.15, 0.2) is 24.2 Å². The lowest BCUT2D eigenvalue weighted by molar-refractivity contribution is -0.132. The Hall–Kier alpha value is -1.71. The zero-order chi connectivity index (χ0) is 8.97. The van der Waals surface area contributed by atoms with Gasteiger partial charge in [0.25, 0.3) is 0 Å². The Morgan fingerprint density at radius 3 is 2.92 bits per heavy atom. The molecule has 0 saturated carbocycles. The fourth-order valence-electron chi connectivity index (χ4n) is 0.670. The van der Waals surface area contributed by atoms with E-state index < -0.39 is 5.97 Å². The van der Waals surface area contributed by atoms with Crippen molar-refractivity contribution >= 4 is 12.0 Å². The second-order valence-electron chi connectivity index (χ2n) is 2.27. The van der Waals surface area contributed by atoms with Gasteiger partial charge in [0, 0.05) is 11.8 Å². The van der Waals surface area contributed by atoms with Crippen LogP contribution in [-0.2, 0) is 4.79 Å². The van der Waals surface area contributed by atoms with Gasteiger partial charge in [-0.05, 0) is 19.1 Å². The van der Waals surface area contributed by atoms with Crippen LogP contribution in [0.4, 0.5) is 0 Å². The molecule has 0 aromatic carbocycles. The van der Waals surface area contributed by atoms with Crippen molar-refractivity contribution in [1.29, 1.82) is 0 Å². The third-order valence-corrected chi connectivity index (χ3v) is 1.31. The lowest BCUT2D eigenvalue weighted by Crippen LogP contribution is -1.95. The summed E-state index contributed by atoms with van der Waals surface area (Å²) in [5.74, 6) is -0.936. The van der Waals surface area contributed by atoms with Gasteiger partial charge in [0.15, 0.2) is 0 Å². The molecule has 1 aromatic rings. The van der Waals surface area contributed by atoms with Crippen molar-refractivity contribution in [3.63, 3.8) is 0 Å². The normalized spacial score (nSPS) is 11.2. The molecular weight excluding hydrogens is 156 g/mol. The average molecular weight is 164 g/mol. The lowest BCUT2D eigenvalue weighted by atomic mass is 10.2. The Morgan fingerprint density at radius 2 is 2.42 bits per heavy atom. The van der Waals surface area contributed by atoms with Crippen LogP contribution in [0.5, 0.6) is 0 Å². The summed E-state index contributed by atoms with van der Waals surface area (Å²) in [6, 6.07) is 1.65. The minimum atomic E-state index is -0.936. The Labute approximate surface area is 69.6 Å². The van der Waals surface area contributed by atoms with Gasteiger partial charge in [-0.3, -0.25) is 0 Å². The van der Waals surface area contributed by atoms with E-state index in [9.17, 15) is 4.79 Å². The van der Waals surface area contributed by atoms with Gasteiger partial charge in [-0.1, -0.05) is 0 Å². The van der Waals surface area contributed by atoms with Gasteiger partial charge < -0.3 is 5.11 Å². The van der Waals surface area contributed by atoms with Crippen LogP contribution < -0.4 is 0 Å². The molecule has 1 aromatic heterocycles. The van der Waals surface area contributed by atoms with Crippen LogP contribution in [0, 0.1) is 0 Å². The van der Waals surface area contributed by atoms with E-state index in [1.807, 2.05) is 0 Å². The van der Waals surface area contributed by atoms with Gasteiger partial charge in [-0.25, -0.2) is 14.8 Å². The summed E-state index contributed by atoms with van der Waals surface area (Å²) in [7, 11) is 0. The van der Waals surface area contributed by atoms with Crippen LogP contribution >= 0.6 is 0 Å². The van der Waals surface area contributed by atoms with Crippen molar-refractivity contribution in [3.8, 4) is 0 Å². The van der Waals surface area contributed by atoms with E-state index in [2.05, 4.69) is 9.97 Å². The number of rotatable bonds is 2. The maximum atomic E-state index is 10.4. The number of aromatic nitrogens is 2. The van der Waals surface area contributed by atoms with Gasteiger partial charge in [0.2, 0.25) is 0 Å². The molecule has 0 unspecified atom stereocenters. The fraction of sp³-hybridized carbons (Fsp3) is 0.125. The predicted molar refractivity (Wildman–Crippen MR) is 43.3 cm³/mol. The van der Waals surface area contributed by atoms with Gasteiger partial charge in [-0.2, -0.15) is 0 Å². The zero-order valence-electron chi connectivity index (χ0n) is 6.56. The van der Waals surface area contributed by atoms with Crippen LogP contribution in [0.1, 0.15) is 12.6 Å². The molecular formula is C8H8N2O2. The number of carboxylic acids is 1. The molecule has 0 fully saturated rings. The van der Waals surface area contributed by atoms with Crippen molar-refractivity contribution in [2.45, 2.75) is 6.92 Å².